The van der Waals surface area contributed by atoms with Crippen LogP contribution in [0.4, 0.5) is 0 Å². The molecular weight excluding hydrogens is 323 g/mol. The predicted molar refractivity (Wildman–Crippen MR) is 74.9 cm³/mol. The van der Waals surface area contributed by atoms with Gasteiger partial charge in [-0.05, 0) is 42.0 Å². The van der Waals surface area contributed by atoms with Gasteiger partial charge in [-0.25, -0.2) is 0 Å². The second-order valence-corrected chi connectivity index (χ2v) is 5.22. The highest BCUT2D eigenvalue weighted by molar-refractivity contribution is 9.10. The van der Waals surface area contributed by atoms with Crippen LogP contribution in [-0.2, 0) is 6.61 Å². The van der Waals surface area contributed by atoms with Gasteiger partial charge in [0.25, 0.3) is 0 Å². The molecule has 0 aliphatic carbocycles. The average Bonchev–Trinajstić information content (AvgIpc) is 2.33. The lowest BCUT2D eigenvalue weighted by atomic mass is 10.2. The molecule has 2 aromatic carbocycles. The molecular formula is C13H9BrCl2O. The molecule has 0 saturated carbocycles. The Morgan fingerprint density at radius 3 is 2.29 bits per heavy atom. The lowest BCUT2D eigenvalue weighted by Gasteiger charge is -2.07. The van der Waals surface area contributed by atoms with Crippen LogP contribution in [0.2, 0.25) is 10.0 Å². The molecule has 0 spiro atoms. The lowest BCUT2D eigenvalue weighted by molar-refractivity contribution is 0.306. The van der Waals surface area contributed by atoms with E-state index in [0.717, 1.165) is 15.8 Å². The van der Waals surface area contributed by atoms with Crippen molar-refractivity contribution in [2.75, 3.05) is 0 Å². The maximum Gasteiger partial charge on any atom is 0.119 e. The minimum absolute atomic E-state index is 0.471. The summed E-state index contributed by atoms with van der Waals surface area (Å²) >= 11 is 15.1. The minimum atomic E-state index is 0.471. The highest BCUT2D eigenvalue weighted by atomic mass is 79.9. The van der Waals surface area contributed by atoms with Crippen molar-refractivity contribution in [1.82, 2.24) is 0 Å². The Labute approximate surface area is 118 Å². The summed E-state index contributed by atoms with van der Waals surface area (Å²) in [5.74, 6) is 0.819. The van der Waals surface area contributed by atoms with E-state index in [2.05, 4.69) is 15.9 Å². The van der Waals surface area contributed by atoms with E-state index < -0.39 is 0 Å². The van der Waals surface area contributed by atoms with E-state index in [-0.39, 0.29) is 0 Å². The molecule has 0 unspecified atom stereocenters. The van der Waals surface area contributed by atoms with Crippen molar-refractivity contribution in [3.05, 3.63) is 62.5 Å². The molecule has 2 aromatic rings. The van der Waals surface area contributed by atoms with Gasteiger partial charge in [-0.3, -0.25) is 0 Å². The molecule has 0 saturated heterocycles. The predicted octanol–water partition coefficient (Wildman–Crippen LogP) is 5.33. The third-order valence-electron chi connectivity index (χ3n) is 2.20. The van der Waals surface area contributed by atoms with Crippen LogP contribution in [0, 0.1) is 0 Å². The van der Waals surface area contributed by atoms with Gasteiger partial charge in [-0.2, -0.15) is 0 Å². The van der Waals surface area contributed by atoms with Gasteiger partial charge in [0.1, 0.15) is 12.4 Å². The first kappa shape index (κ1) is 12.7. The Kier molecular flexibility index (Phi) is 4.32. The van der Waals surface area contributed by atoms with Crippen LogP contribution in [0.15, 0.2) is 46.9 Å². The first-order chi connectivity index (χ1) is 8.15. The van der Waals surface area contributed by atoms with E-state index >= 15 is 0 Å². The largest absolute Gasteiger partial charge is 0.489 e. The van der Waals surface area contributed by atoms with Crippen molar-refractivity contribution in [3.8, 4) is 5.75 Å². The van der Waals surface area contributed by atoms with Crippen LogP contribution in [-0.4, -0.2) is 0 Å². The number of rotatable bonds is 3. The van der Waals surface area contributed by atoms with Gasteiger partial charge < -0.3 is 4.74 Å². The SMILES string of the molecule is Clc1ccc(COc2ccc(Br)cc2)cc1Cl. The number of hydrogen-bond donors (Lipinski definition) is 0. The summed E-state index contributed by atoms with van der Waals surface area (Å²) in [6.07, 6.45) is 0. The van der Waals surface area contributed by atoms with E-state index in [0.29, 0.717) is 16.7 Å². The molecule has 0 heterocycles. The van der Waals surface area contributed by atoms with Crippen molar-refractivity contribution < 1.29 is 4.74 Å². The van der Waals surface area contributed by atoms with Gasteiger partial charge in [-0.15, -0.1) is 0 Å². The summed E-state index contributed by atoms with van der Waals surface area (Å²) in [5.41, 5.74) is 0.988. The number of benzene rings is 2. The molecule has 0 atom stereocenters. The Morgan fingerprint density at radius 1 is 0.941 bits per heavy atom. The fourth-order valence-electron chi connectivity index (χ4n) is 1.33. The minimum Gasteiger partial charge on any atom is -0.489 e. The molecule has 0 aliphatic heterocycles. The van der Waals surface area contributed by atoms with Gasteiger partial charge >= 0.3 is 0 Å². The maximum atomic E-state index is 5.92. The third kappa shape index (κ3) is 3.63. The van der Waals surface area contributed by atoms with E-state index in [1.807, 2.05) is 36.4 Å². The van der Waals surface area contributed by atoms with Crippen LogP contribution in [0.3, 0.4) is 0 Å². The van der Waals surface area contributed by atoms with Crippen LogP contribution < -0.4 is 4.74 Å². The van der Waals surface area contributed by atoms with Gasteiger partial charge in [0.2, 0.25) is 0 Å². The van der Waals surface area contributed by atoms with Gasteiger partial charge in [-0.1, -0.05) is 45.2 Å². The number of halogens is 3. The Hall–Kier alpha value is -0.700. The molecule has 0 bridgehead atoms. The molecule has 0 amide bonds. The standard InChI is InChI=1S/C13H9BrCl2O/c14-10-2-4-11(5-3-10)17-8-9-1-6-12(15)13(16)7-9/h1-7H,8H2. The van der Waals surface area contributed by atoms with Gasteiger partial charge in [0.05, 0.1) is 10.0 Å². The summed E-state index contributed by atoms with van der Waals surface area (Å²) in [6, 6.07) is 13.2. The molecule has 0 fully saturated rings. The van der Waals surface area contributed by atoms with Crippen molar-refractivity contribution in [2.45, 2.75) is 6.61 Å². The summed E-state index contributed by atoms with van der Waals surface area (Å²) in [4.78, 5) is 0. The highest BCUT2D eigenvalue weighted by Gasteiger charge is 2.00. The lowest BCUT2D eigenvalue weighted by Crippen LogP contribution is -1.95. The smallest absolute Gasteiger partial charge is 0.119 e. The van der Waals surface area contributed by atoms with Gasteiger partial charge in [0, 0.05) is 4.47 Å². The second kappa shape index (κ2) is 5.76. The monoisotopic (exact) mass is 330 g/mol. The molecule has 0 N–H and O–H groups in total. The molecule has 1 nitrogen and oxygen atoms in total. The topological polar surface area (TPSA) is 9.23 Å². The Balaban J connectivity index is 2.02. The van der Waals surface area contributed by atoms with E-state index in [4.69, 9.17) is 27.9 Å². The van der Waals surface area contributed by atoms with Crippen LogP contribution >= 0.6 is 39.1 Å². The summed E-state index contributed by atoms with van der Waals surface area (Å²) < 4.78 is 6.65. The molecule has 0 aromatic heterocycles. The maximum absolute atomic E-state index is 5.92. The Bertz CT molecular complexity index is 511. The van der Waals surface area contributed by atoms with Crippen molar-refractivity contribution in [2.24, 2.45) is 0 Å². The van der Waals surface area contributed by atoms with Crippen molar-refractivity contribution in [1.29, 1.82) is 0 Å². The normalized spacial score (nSPS) is 10.3. The Morgan fingerprint density at radius 2 is 1.65 bits per heavy atom. The third-order valence-corrected chi connectivity index (χ3v) is 3.47. The zero-order valence-corrected chi connectivity index (χ0v) is 11.9. The highest BCUT2D eigenvalue weighted by Crippen LogP contribution is 2.23. The number of hydrogen-bond acceptors (Lipinski definition) is 1. The zero-order chi connectivity index (χ0) is 12.3. The summed E-state index contributed by atoms with van der Waals surface area (Å²) in [6.45, 7) is 0.471. The van der Waals surface area contributed by atoms with E-state index in [9.17, 15) is 0 Å². The first-order valence-electron chi connectivity index (χ1n) is 4.97. The van der Waals surface area contributed by atoms with Gasteiger partial charge in [0.15, 0.2) is 0 Å². The molecule has 17 heavy (non-hydrogen) atoms. The van der Waals surface area contributed by atoms with E-state index in [1.165, 1.54) is 0 Å². The van der Waals surface area contributed by atoms with Crippen LogP contribution in [0.1, 0.15) is 5.56 Å². The average molecular weight is 332 g/mol. The van der Waals surface area contributed by atoms with Crippen LogP contribution in [0.5, 0.6) is 5.75 Å². The molecule has 0 aliphatic rings. The van der Waals surface area contributed by atoms with E-state index in [1.54, 1.807) is 6.07 Å². The summed E-state index contributed by atoms with van der Waals surface area (Å²) in [7, 11) is 0. The fourth-order valence-corrected chi connectivity index (χ4v) is 1.91. The van der Waals surface area contributed by atoms with Crippen molar-refractivity contribution >= 4 is 39.1 Å². The quantitative estimate of drug-likeness (QED) is 0.738. The fraction of sp³-hybridized carbons (Fsp3) is 0.0769. The van der Waals surface area contributed by atoms with Crippen molar-refractivity contribution in [3.63, 3.8) is 0 Å². The molecule has 4 heteroatoms. The molecule has 88 valence electrons. The molecule has 2 rings (SSSR count). The van der Waals surface area contributed by atoms with Crippen LogP contribution in [0.25, 0.3) is 0 Å². The zero-order valence-electron chi connectivity index (χ0n) is 8.79. The second-order valence-electron chi connectivity index (χ2n) is 3.49. The molecule has 0 radical (unpaired) electrons. The summed E-state index contributed by atoms with van der Waals surface area (Å²) in [5, 5.41) is 1.10. The first-order valence-corrected chi connectivity index (χ1v) is 6.52. The number of ether oxygens (including phenoxy) is 1.